The van der Waals surface area contributed by atoms with Crippen molar-refractivity contribution < 1.29 is 13.5 Å². The molecule has 0 amide bonds. The van der Waals surface area contributed by atoms with E-state index in [0.29, 0.717) is 0 Å². The Hall–Kier alpha value is -3.37. The van der Waals surface area contributed by atoms with Gasteiger partial charge in [-0.25, -0.2) is 8.42 Å². The number of sulfone groups is 1. The average molecular weight is 417 g/mol. The molecule has 2 aromatic carbocycles. The number of allylic oxidation sites excluding steroid dienone is 1. The van der Waals surface area contributed by atoms with Crippen LogP contribution in [0.4, 0.5) is 0 Å². The molecule has 0 saturated carbocycles. The Morgan fingerprint density at radius 2 is 1.93 bits per heavy atom. The summed E-state index contributed by atoms with van der Waals surface area (Å²) in [6, 6.07) is 15.6. The Morgan fingerprint density at radius 3 is 2.67 bits per heavy atom. The minimum atomic E-state index is -4.17. The zero-order valence-corrected chi connectivity index (χ0v) is 17.1. The molecule has 7 heteroatoms. The summed E-state index contributed by atoms with van der Waals surface area (Å²) >= 11 is 0. The molecule has 0 fully saturated rings. The standard InChI is InChI=1S/C23H19N3O3S/c1-26-22-17-12-6-8-14-7-5-11-16(19(14)17)20(22)21(25-26)23(27)18(13-24)30(28,29)15-9-3-2-4-10-15/h2-4,6,8-10,12,16,27H,5,7,11H2,1H3. The number of aryl methyl sites for hydroxylation is 2. The molecular weight excluding hydrogens is 398 g/mol. The summed E-state index contributed by atoms with van der Waals surface area (Å²) in [6.45, 7) is 0. The second kappa shape index (κ2) is 6.57. The SMILES string of the molecule is Cn1nc(C(O)=C(C#N)S(=O)(=O)c2ccccc2)c2c1-c1cccc3c1C2CCC3. The van der Waals surface area contributed by atoms with Crippen molar-refractivity contribution in [1.82, 2.24) is 9.78 Å². The molecule has 0 aliphatic heterocycles. The van der Waals surface area contributed by atoms with E-state index in [-0.39, 0.29) is 16.5 Å². The second-order valence-corrected chi connectivity index (χ2v) is 9.55. The summed E-state index contributed by atoms with van der Waals surface area (Å²) < 4.78 is 27.8. The van der Waals surface area contributed by atoms with E-state index in [1.807, 2.05) is 12.1 Å². The summed E-state index contributed by atoms with van der Waals surface area (Å²) in [5.41, 5.74) is 5.48. The van der Waals surface area contributed by atoms with E-state index in [2.05, 4.69) is 11.2 Å². The van der Waals surface area contributed by atoms with Crippen molar-refractivity contribution in [1.29, 1.82) is 5.26 Å². The van der Waals surface area contributed by atoms with E-state index < -0.39 is 20.5 Å². The lowest BCUT2D eigenvalue weighted by Crippen LogP contribution is -2.11. The highest BCUT2D eigenvalue weighted by atomic mass is 32.2. The number of aliphatic hydroxyl groups is 1. The van der Waals surface area contributed by atoms with Crippen molar-refractivity contribution in [3.63, 3.8) is 0 Å². The first-order valence-electron chi connectivity index (χ1n) is 9.78. The first kappa shape index (κ1) is 18.6. The molecule has 5 rings (SSSR count). The van der Waals surface area contributed by atoms with Gasteiger partial charge >= 0.3 is 0 Å². The quantitative estimate of drug-likeness (QED) is 0.511. The van der Waals surface area contributed by atoms with E-state index in [4.69, 9.17) is 0 Å². The molecule has 1 heterocycles. The maximum Gasteiger partial charge on any atom is 0.220 e. The third-order valence-electron chi connectivity index (χ3n) is 6.03. The number of hydrogen-bond donors (Lipinski definition) is 1. The van der Waals surface area contributed by atoms with Gasteiger partial charge in [-0.1, -0.05) is 36.4 Å². The maximum absolute atomic E-state index is 13.0. The largest absolute Gasteiger partial charge is 0.504 e. The first-order valence-corrected chi connectivity index (χ1v) is 11.3. The summed E-state index contributed by atoms with van der Waals surface area (Å²) in [4.78, 5) is -0.717. The second-order valence-electron chi connectivity index (χ2n) is 7.66. The zero-order valence-electron chi connectivity index (χ0n) is 16.3. The average Bonchev–Trinajstić information content (AvgIpc) is 3.27. The predicted octanol–water partition coefficient (Wildman–Crippen LogP) is 4.09. The molecular formula is C23H19N3O3S. The van der Waals surface area contributed by atoms with Crippen molar-refractivity contribution in [3.8, 4) is 17.3 Å². The van der Waals surface area contributed by atoms with Crippen LogP contribution in [0, 0.1) is 11.3 Å². The zero-order chi connectivity index (χ0) is 21.0. The van der Waals surface area contributed by atoms with Gasteiger partial charge in [-0.15, -0.1) is 0 Å². The number of nitriles is 1. The highest BCUT2D eigenvalue weighted by Gasteiger charge is 2.40. The fraction of sp³-hybridized carbons (Fsp3) is 0.217. The van der Waals surface area contributed by atoms with Gasteiger partial charge in [-0.05, 0) is 42.5 Å². The van der Waals surface area contributed by atoms with Crippen LogP contribution in [0.1, 0.15) is 41.1 Å². The monoisotopic (exact) mass is 417 g/mol. The van der Waals surface area contributed by atoms with Crippen LogP contribution in [0.25, 0.3) is 17.0 Å². The Kier molecular flexibility index (Phi) is 4.09. The molecule has 30 heavy (non-hydrogen) atoms. The van der Waals surface area contributed by atoms with Crippen LogP contribution in [0.2, 0.25) is 0 Å². The van der Waals surface area contributed by atoms with Gasteiger partial charge in [0.05, 0.1) is 10.6 Å². The first-order chi connectivity index (χ1) is 14.4. The van der Waals surface area contributed by atoms with Gasteiger partial charge in [-0.3, -0.25) is 4.68 Å². The Bertz CT molecular complexity index is 1360. The summed E-state index contributed by atoms with van der Waals surface area (Å²) in [6.07, 6.45) is 2.91. The normalized spacial score (nSPS) is 17.7. The number of aliphatic hydroxyl groups excluding tert-OH is 1. The highest BCUT2D eigenvalue weighted by Crippen LogP contribution is 2.52. The number of benzene rings is 2. The van der Waals surface area contributed by atoms with E-state index >= 15 is 0 Å². The predicted molar refractivity (Wildman–Crippen MR) is 112 cm³/mol. The molecule has 6 nitrogen and oxygen atoms in total. The van der Waals surface area contributed by atoms with E-state index in [1.165, 1.54) is 23.3 Å². The van der Waals surface area contributed by atoms with Crippen molar-refractivity contribution in [2.75, 3.05) is 0 Å². The van der Waals surface area contributed by atoms with E-state index in [0.717, 1.165) is 36.1 Å². The van der Waals surface area contributed by atoms with Crippen molar-refractivity contribution in [2.45, 2.75) is 30.1 Å². The van der Waals surface area contributed by atoms with Crippen LogP contribution in [0.3, 0.4) is 0 Å². The van der Waals surface area contributed by atoms with Crippen LogP contribution >= 0.6 is 0 Å². The number of hydrogen-bond acceptors (Lipinski definition) is 5. The molecule has 0 saturated heterocycles. The van der Waals surface area contributed by atoms with Gasteiger partial charge in [-0.2, -0.15) is 10.4 Å². The van der Waals surface area contributed by atoms with Gasteiger partial charge in [0.15, 0.2) is 10.7 Å². The van der Waals surface area contributed by atoms with Crippen LogP contribution < -0.4 is 0 Å². The van der Waals surface area contributed by atoms with Gasteiger partial charge < -0.3 is 5.11 Å². The van der Waals surface area contributed by atoms with Gasteiger partial charge in [0, 0.05) is 24.1 Å². The van der Waals surface area contributed by atoms with Crippen molar-refractivity contribution in [2.24, 2.45) is 7.05 Å². The lowest BCUT2D eigenvalue weighted by molar-refractivity contribution is 0.501. The van der Waals surface area contributed by atoms with E-state index in [1.54, 1.807) is 36.0 Å². The van der Waals surface area contributed by atoms with Crippen molar-refractivity contribution in [3.05, 3.63) is 75.8 Å². The Labute approximate surface area is 174 Å². The maximum atomic E-state index is 13.0. The minimum absolute atomic E-state index is 0.0380. The molecule has 1 unspecified atom stereocenters. The van der Waals surface area contributed by atoms with Crippen molar-refractivity contribution >= 4 is 15.6 Å². The molecule has 2 aliphatic carbocycles. The molecule has 0 bridgehead atoms. The van der Waals surface area contributed by atoms with Gasteiger partial charge in [0.25, 0.3) is 0 Å². The fourth-order valence-corrected chi connectivity index (χ4v) is 6.03. The molecule has 150 valence electrons. The highest BCUT2D eigenvalue weighted by molar-refractivity contribution is 7.95. The minimum Gasteiger partial charge on any atom is -0.504 e. The molecule has 1 N–H and O–H groups in total. The smallest absolute Gasteiger partial charge is 0.220 e. The fourth-order valence-electron chi connectivity index (χ4n) is 4.81. The molecule has 1 atom stereocenters. The third-order valence-corrected chi connectivity index (χ3v) is 7.75. The van der Waals surface area contributed by atoms with Crippen LogP contribution in [0.15, 0.2) is 58.3 Å². The van der Waals surface area contributed by atoms with Crippen LogP contribution in [-0.4, -0.2) is 23.3 Å². The molecule has 0 radical (unpaired) electrons. The third kappa shape index (κ3) is 2.47. The number of fused-ring (bicyclic) bond motifs is 3. The Balaban J connectivity index is 1.74. The Morgan fingerprint density at radius 1 is 1.17 bits per heavy atom. The van der Waals surface area contributed by atoms with E-state index in [9.17, 15) is 18.8 Å². The van der Waals surface area contributed by atoms with Crippen LogP contribution in [0.5, 0.6) is 0 Å². The molecule has 1 aromatic heterocycles. The number of rotatable bonds is 3. The summed E-state index contributed by atoms with van der Waals surface area (Å²) in [5.74, 6) is -0.539. The molecule has 2 aliphatic rings. The summed E-state index contributed by atoms with van der Waals surface area (Å²) in [7, 11) is -2.39. The molecule has 3 aromatic rings. The summed E-state index contributed by atoms with van der Waals surface area (Å²) in [5, 5.41) is 25.2. The van der Waals surface area contributed by atoms with Crippen LogP contribution in [-0.2, 0) is 23.3 Å². The lowest BCUT2D eigenvalue weighted by Gasteiger charge is -2.22. The number of aromatic nitrogens is 2. The van der Waals surface area contributed by atoms with Gasteiger partial charge in [0.2, 0.25) is 9.84 Å². The number of nitrogens with zero attached hydrogens (tertiary/aromatic N) is 3. The van der Waals surface area contributed by atoms with Gasteiger partial charge in [0.1, 0.15) is 11.8 Å². The topological polar surface area (TPSA) is 96.0 Å². The molecule has 0 spiro atoms. The lowest BCUT2D eigenvalue weighted by atomic mass is 9.81.